The molecule has 0 radical (unpaired) electrons. The lowest BCUT2D eigenvalue weighted by molar-refractivity contribution is 0.0984. The fraction of sp³-hybridized carbons (Fsp3) is 0.231. The molecule has 0 aliphatic heterocycles. The Morgan fingerprint density at radius 1 is 1.53 bits per heavy atom. The average Bonchev–Trinajstić information content (AvgIpc) is 2.88. The number of thiazole rings is 1. The minimum atomic E-state index is -0.191. The molecule has 0 saturated carbocycles. The molecule has 0 bridgehead atoms. The van der Waals surface area contributed by atoms with Gasteiger partial charge in [-0.05, 0) is 19.1 Å². The third-order valence-electron chi connectivity index (χ3n) is 2.65. The molecule has 6 heteroatoms. The Kier molecular flexibility index (Phi) is 4.13. The van der Waals surface area contributed by atoms with Crippen molar-refractivity contribution in [2.24, 2.45) is 5.73 Å². The maximum absolute atomic E-state index is 12.4. The third-order valence-corrected chi connectivity index (χ3v) is 3.52. The number of carbonyl (C=O) groups excluding carboxylic acids is 1. The number of phenols is 1. The van der Waals surface area contributed by atoms with E-state index in [0.717, 1.165) is 5.01 Å². The Bertz CT molecular complexity index is 583. The molecule has 1 amide bonds. The van der Waals surface area contributed by atoms with E-state index >= 15 is 0 Å². The Morgan fingerprint density at radius 3 is 2.89 bits per heavy atom. The molecular weight excluding hydrogens is 262 g/mol. The topological polar surface area (TPSA) is 79.5 Å². The van der Waals surface area contributed by atoms with Crippen molar-refractivity contribution in [1.29, 1.82) is 0 Å². The first-order valence-corrected chi connectivity index (χ1v) is 6.79. The summed E-state index contributed by atoms with van der Waals surface area (Å²) in [5, 5.41) is 11.9. The number of rotatable bonds is 4. The van der Waals surface area contributed by atoms with Gasteiger partial charge in [-0.1, -0.05) is 6.07 Å². The summed E-state index contributed by atoms with van der Waals surface area (Å²) in [5.74, 6) is -0.0614. The molecule has 0 fully saturated rings. The lowest BCUT2D eigenvalue weighted by atomic mass is 10.2. The number of phenolic OH excluding ortho intramolecular Hbond substituents is 1. The second kappa shape index (κ2) is 5.81. The van der Waals surface area contributed by atoms with Gasteiger partial charge in [-0.2, -0.15) is 0 Å². The van der Waals surface area contributed by atoms with Crippen molar-refractivity contribution in [3.8, 4) is 5.75 Å². The average molecular weight is 277 g/mol. The van der Waals surface area contributed by atoms with Gasteiger partial charge in [-0.25, -0.2) is 4.98 Å². The van der Waals surface area contributed by atoms with E-state index in [1.807, 2.05) is 6.92 Å². The van der Waals surface area contributed by atoms with Gasteiger partial charge >= 0.3 is 0 Å². The van der Waals surface area contributed by atoms with Crippen LogP contribution in [0.15, 0.2) is 29.6 Å². The van der Waals surface area contributed by atoms with Crippen molar-refractivity contribution < 1.29 is 9.90 Å². The van der Waals surface area contributed by atoms with Crippen LogP contribution in [0.1, 0.15) is 22.4 Å². The number of aromatic nitrogens is 1. The van der Waals surface area contributed by atoms with Crippen molar-refractivity contribution in [1.82, 2.24) is 4.98 Å². The predicted molar refractivity (Wildman–Crippen MR) is 75.5 cm³/mol. The summed E-state index contributed by atoms with van der Waals surface area (Å²) in [5.41, 5.74) is 6.53. The molecule has 0 unspecified atom stereocenters. The highest BCUT2D eigenvalue weighted by Gasteiger charge is 2.19. The number of amides is 1. The van der Waals surface area contributed by atoms with Gasteiger partial charge in [0.05, 0.1) is 0 Å². The molecular formula is C13H15N3O2S. The van der Waals surface area contributed by atoms with Crippen LogP contribution in [-0.4, -0.2) is 22.5 Å². The molecule has 1 heterocycles. The van der Waals surface area contributed by atoms with E-state index in [1.165, 1.54) is 11.3 Å². The smallest absolute Gasteiger partial charge is 0.277 e. The first-order chi connectivity index (χ1) is 9.15. The third kappa shape index (κ3) is 2.91. The zero-order valence-corrected chi connectivity index (χ0v) is 11.4. The summed E-state index contributed by atoms with van der Waals surface area (Å²) in [6.07, 6.45) is 0. The van der Waals surface area contributed by atoms with E-state index in [2.05, 4.69) is 4.98 Å². The van der Waals surface area contributed by atoms with Gasteiger partial charge in [0.2, 0.25) is 0 Å². The zero-order valence-electron chi connectivity index (χ0n) is 10.5. The second-order valence-corrected chi connectivity index (χ2v) is 4.84. The summed E-state index contributed by atoms with van der Waals surface area (Å²) >= 11 is 1.37. The summed E-state index contributed by atoms with van der Waals surface area (Å²) in [4.78, 5) is 18.1. The van der Waals surface area contributed by atoms with Gasteiger partial charge in [0.15, 0.2) is 0 Å². The number of hydrogen-bond donors (Lipinski definition) is 2. The fourth-order valence-electron chi connectivity index (χ4n) is 1.75. The van der Waals surface area contributed by atoms with Crippen LogP contribution in [0.25, 0.3) is 0 Å². The van der Waals surface area contributed by atoms with E-state index in [9.17, 15) is 9.90 Å². The Labute approximate surface area is 115 Å². The van der Waals surface area contributed by atoms with Crippen molar-refractivity contribution >= 4 is 22.9 Å². The van der Waals surface area contributed by atoms with E-state index in [4.69, 9.17) is 5.73 Å². The second-order valence-electron chi connectivity index (χ2n) is 3.90. The number of benzene rings is 1. The molecule has 2 aromatic rings. The minimum Gasteiger partial charge on any atom is -0.508 e. The lowest BCUT2D eigenvalue weighted by Gasteiger charge is -2.20. The van der Waals surface area contributed by atoms with Gasteiger partial charge in [0.1, 0.15) is 16.5 Å². The summed E-state index contributed by atoms with van der Waals surface area (Å²) in [7, 11) is 0. The van der Waals surface area contributed by atoms with E-state index < -0.39 is 0 Å². The van der Waals surface area contributed by atoms with Crippen LogP contribution in [0.2, 0.25) is 0 Å². The number of hydrogen-bond acceptors (Lipinski definition) is 5. The molecule has 2 rings (SSSR count). The fourth-order valence-corrected chi connectivity index (χ4v) is 2.39. The number of nitrogens with zero attached hydrogens (tertiary/aromatic N) is 2. The largest absolute Gasteiger partial charge is 0.508 e. The highest BCUT2D eigenvalue weighted by Crippen LogP contribution is 2.22. The van der Waals surface area contributed by atoms with Crippen LogP contribution in [0.5, 0.6) is 5.75 Å². The van der Waals surface area contributed by atoms with Crippen LogP contribution >= 0.6 is 11.3 Å². The zero-order chi connectivity index (χ0) is 13.8. The van der Waals surface area contributed by atoms with Crippen molar-refractivity contribution in [2.45, 2.75) is 13.5 Å². The van der Waals surface area contributed by atoms with Gasteiger partial charge < -0.3 is 15.7 Å². The van der Waals surface area contributed by atoms with Gasteiger partial charge in [0, 0.05) is 30.2 Å². The number of aromatic hydroxyl groups is 1. The molecule has 1 aromatic heterocycles. The highest BCUT2D eigenvalue weighted by molar-refractivity contribution is 7.09. The van der Waals surface area contributed by atoms with Crippen molar-refractivity contribution in [2.75, 3.05) is 11.4 Å². The summed E-state index contributed by atoms with van der Waals surface area (Å²) in [6, 6.07) is 6.60. The SMILES string of the molecule is CCN(C(=O)c1csc(CN)n1)c1cccc(O)c1. The lowest BCUT2D eigenvalue weighted by Crippen LogP contribution is -2.30. The molecule has 0 aliphatic rings. The Morgan fingerprint density at radius 2 is 2.32 bits per heavy atom. The summed E-state index contributed by atoms with van der Waals surface area (Å²) < 4.78 is 0. The molecule has 0 spiro atoms. The van der Waals surface area contributed by atoms with E-state index in [0.29, 0.717) is 24.5 Å². The first kappa shape index (κ1) is 13.5. The maximum atomic E-state index is 12.4. The van der Waals surface area contributed by atoms with Gasteiger partial charge in [-0.15, -0.1) is 11.3 Å². The quantitative estimate of drug-likeness (QED) is 0.895. The molecule has 1 aromatic carbocycles. The Balaban J connectivity index is 2.29. The highest BCUT2D eigenvalue weighted by atomic mass is 32.1. The van der Waals surface area contributed by atoms with Crippen molar-refractivity contribution in [3.63, 3.8) is 0 Å². The van der Waals surface area contributed by atoms with Crippen LogP contribution in [0.4, 0.5) is 5.69 Å². The maximum Gasteiger partial charge on any atom is 0.277 e. The molecule has 19 heavy (non-hydrogen) atoms. The normalized spacial score (nSPS) is 10.4. The molecule has 100 valence electrons. The predicted octanol–water partition coefficient (Wildman–Crippen LogP) is 1.97. The van der Waals surface area contributed by atoms with Crippen LogP contribution < -0.4 is 10.6 Å². The van der Waals surface area contributed by atoms with Crippen LogP contribution in [0, 0.1) is 0 Å². The molecule has 0 saturated heterocycles. The Hall–Kier alpha value is -1.92. The molecule has 0 atom stereocenters. The number of carbonyl (C=O) groups is 1. The number of nitrogens with two attached hydrogens (primary N) is 1. The van der Waals surface area contributed by atoms with Gasteiger partial charge in [0.25, 0.3) is 5.91 Å². The van der Waals surface area contributed by atoms with Crippen molar-refractivity contribution in [3.05, 3.63) is 40.3 Å². The van der Waals surface area contributed by atoms with Gasteiger partial charge in [-0.3, -0.25) is 4.79 Å². The number of anilines is 1. The van der Waals surface area contributed by atoms with E-state index in [1.54, 1.807) is 34.5 Å². The standard InChI is InChI=1S/C13H15N3O2S/c1-2-16(9-4-3-5-10(17)6-9)13(18)11-8-19-12(7-14)15-11/h3-6,8,17H,2,7,14H2,1H3. The first-order valence-electron chi connectivity index (χ1n) is 5.91. The van der Waals surface area contributed by atoms with Crippen LogP contribution in [-0.2, 0) is 6.54 Å². The van der Waals surface area contributed by atoms with E-state index in [-0.39, 0.29) is 11.7 Å². The molecule has 5 nitrogen and oxygen atoms in total. The molecule has 3 N–H and O–H groups in total. The minimum absolute atomic E-state index is 0.129. The van der Waals surface area contributed by atoms with Crippen LogP contribution in [0.3, 0.4) is 0 Å². The monoisotopic (exact) mass is 277 g/mol. The summed E-state index contributed by atoms with van der Waals surface area (Å²) in [6.45, 7) is 2.70. The molecule has 0 aliphatic carbocycles.